The molecule has 42 heavy (non-hydrogen) atoms. The summed E-state index contributed by atoms with van der Waals surface area (Å²) in [5.74, 6) is -2.06. The second-order valence-corrected chi connectivity index (χ2v) is 11.2. The Kier molecular flexibility index (Phi) is 11.0. The molecule has 1 heterocycles. The fourth-order valence-corrected chi connectivity index (χ4v) is 4.59. The van der Waals surface area contributed by atoms with Gasteiger partial charge in [0.2, 0.25) is 5.91 Å². The summed E-state index contributed by atoms with van der Waals surface area (Å²) in [6.07, 6.45) is -0.0339. The van der Waals surface area contributed by atoms with Gasteiger partial charge < -0.3 is 24.8 Å². The van der Waals surface area contributed by atoms with E-state index >= 15 is 0 Å². The number of hydrogen-bond donors (Lipinski definition) is 2. The van der Waals surface area contributed by atoms with E-state index in [1.54, 1.807) is 75.5 Å². The van der Waals surface area contributed by atoms with Crippen LogP contribution in [0, 0.1) is 11.5 Å². The molecule has 0 spiro atoms. The van der Waals surface area contributed by atoms with Gasteiger partial charge in [-0.2, -0.15) is 5.26 Å². The molecule has 11 nitrogen and oxygen atoms in total. The number of nitriles is 1. The van der Waals surface area contributed by atoms with Crippen molar-refractivity contribution in [2.75, 3.05) is 6.54 Å². The highest BCUT2D eigenvalue weighted by Gasteiger charge is 2.42. The van der Waals surface area contributed by atoms with E-state index in [1.807, 2.05) is 12.1 Å². The number of likely N-dealkylation sites (tertiary alicyclic amines) is 1. The van der Waals surface area contributed by atoms with Crippen LogP contribution < -0.4 is 5.32 Å². The number of rotatable bonds is 10. The summed E-state index contributed by atoms with van der Waals surface area (Å²) >= 11 is 0. The van der Waals surface area contributed by atoms with Crippen LogP contribution in [0.15, 0.2) is 60.7 Å². The molecule has 1 fully saturated rings. The minimum atomic E-state index is -1.72. The minimum absolute atomic E-state index is 0.0716. The van der Waals surface area contributed by atoms with Crippen molar-refractivity contribution in [3.63, 3.8) is 0 Å². The lowest BCUT2D eigenvalue weighted by Crippen LogP contribution is -2.57. The van der Waals surface area contributed by atoms with Gasteiger partial charge in [0.25, 0.3) is 5.91 Å². The molecule has 0 radical (unpaired) electrons. The van der Waals surface area contributed by atoms with E-state index in [0.717, 1.165) is 5.56 Å². The molecule has 2 aromatic rings. The number of carbonyl (C=O) groups is 4. The molecular weight excluding hydrogens is 540 g/mol. The number of nitrogens with one attached hydrogen (secondary N) is 1. The van der Waals surface area contributed by atoms with Crippen LogP contribution in [0.2, 0.25) is 0 Å². The Morgan fingerprint density at radius 2 is 1.67 bits per heavy atom. The molecule has 224 valence electrons. The number of aliphatic hydroxyl groups excluding tert-OH is 1. The molecule has 0 aromatic heterocycles. The lowest BCUT2D eigenvalue weighted by atomic mass is 9.99. The second kappa shape index (κ2) is 14.5. The van der Waals surface area contributed by atoms with Gasteiger partial charge in [-0.3, -0.25) is 9.59 Å². The van der Waals surface area contributed by atoms with Crippen LogP contribution in [-0.2, 0) is 36.9 Å². The summed E-state index contributed by atoms with van der Waals surface area (Å²) in [7, 11) is 0. The lowest BCUT2D eigenvalue weighted by molar-refractivity contribution is -0.165. The molecule has 11 heteroatoms. The van der Waals surface area contributed by atoms with Crippen molar-refractivity contribution in [2.45, 2.75) is 83.4 Å². The van der Waals surface area contributed by atoms with E-state index in [-0.39, 0.29) is 19.6 Å². The zero-order chi connectivity index (χ0) is 30.9. The minimum Gasteiger partial charge on any atom is -0.458 e. The predicted octanol–water partition coefficient (Wildman–Crippen LogP) is 2.92. The molecule has 4 atom stereocenters. The van der Waals surface area contributed by atoms with Gasteiger partial charge in [0, 0.05) is 6.54 Å². The smallest absolute Gasteiger partial charge is 0.424 e. The molecule has 3 rings (SSSR count). The van der Waals surface area contributed by atoms with Crippen molar-refractivity contribution in [3.8, 4) is 6.19 Å². The Morgan fingerprint density at radius 3 is 2.24 bits per heavy atom. The average Bonchev–Trinajstić information content (AvgIpc) is 3.46. The number of amides is 3. The third kappa shape index (κ3) is 8.78. The lowest BCUT2D eigenvalue weighted by Gasteiger charge is -2.32. The monoisotopic (exact) mass is 578 g/mol. The summed E-state index contributed by atoms with van der Waals surface area (Å²) < 4.78 is 10.7. The van der Waals surface area contributed by atoms with Gasteiger partial charge in [0.15, 0.2) is 12.3 Å². The Labute approximate surface area is 246 Å². The fraction of sp³-hybridized carbons (Fsp3) is 0.452. The van der Waals surface area contributed by atoms with Gasteiger partial charge >= 0.3 is 12.1 Å². The van der Waals surface area contributed by atoms with Crippen molar-refractivity contribution in [2.24, 2.45) is 0 Å². The normalized spacial score (nSPS) is 16.9. The van der Waals surface area contributed by atoms with E-state index in [9.17, 15) is 29.5 Å². The van der Waals surface area contributed by atoms with Crippen LogP contribution in [0.25, 0.3) is 0 Å². The van der Waals surface area contributed by atoms with Gasteiger partial charge in [0.1, 0.15) is 24.3 Å². The third-order valence-electron chi connectivity index (χ3n) is 6.75. The maximum atomic E-state index is 13.5. The highest BCUT2D eigenvalue weighted by Crippen LogP contribution is 2.23. The first-order valence-corrected chi connectivity index (χ1v) is 13.9. The van der Waals surface area contributed by atoms with Crippen molar-refractivity contribution in [3.05, 3.63) is 71.8 Å². The fourth-order valence-electron chi connectivity index (χ4n) is 4.59. The standard InChI is InChI=1S/C31H38N4O7/c1-21(35(20-32)30(40)41-19-23-14-9-6-10-15-23)27(37)33-24(18-22-12-7-5-8-13-22)26(36)28(38)34-17-11-16-25(34)29(39)42-31(2,3)4/h5-10,12-15,21,24-26,36H,11,16-19H2,1-4H3,(H,33,37)/t21-,24-,25-,26?/m0/s1. The first kappa shape index (κ1) is 32.1. The number of nitrogens with zero attached hydrogens (tertiary/aromatic N) is 3. The second-order valence-electron chi connectivity index (χ2n) is 11.2. The maximum Gasteiger partial charge on any atom is 0.424 e. The van der Waals surface area contributed by atoms with E-state index in [0.29, 0.717) is 23.3 Å². The van der Waals surface area contributed by atoms with Gasteiger partial charge in [-0.15, -0.1) is 0 Å². The topological polar surface area (TPSA) is 149 Å². The molecule has 0 aliphatic carbocycles. The van der Waals surface area contributed by atoms with Crippen LogP contribution in [0.1, 0.15) is 51.7 Å². The van der Waals surface area contributed by atoms with E-state index < -0.39 is 53.7 Å². The Bertz CT molecular complexity index is 1270. The van der Waals surface area contributed by atoms with Crippen molar-refractivity contribution in [1.82, 2.24) is 15.1 Å². The molecule has 1 aliphatic rings. The van der Waals surface area contributed by atoms with E-state index in [1.165, 1.54) is 11.8 Å². The summed E-state index contributed by atoms with van der Waals surface area (Å²) in [6, 6.07) is 14.5. The molecule has 2 N–H and O–H groups in total. The molecule has 2 aromatic carbocycles. The zero-order valence-electron chi connectivity index (χ0n) is 24.4. The summed E-state index contributed by atoms with van der Waals surface area (Å²) in [5, 5.41) is 23.5. The highest BCUT2D eigenvalue weighted by molar-refractivity contribution is 5.90. The Balaban J connectivity index is 1.75. The molecule has 1 aliphatic heterocycles. The maximum absolute atomic E-state index is 13.5. The van der Waals surface area contributed by atoms with Gasteiger partial charge in [-0.1, -0.05) is 60.7 Å². The Hall–Kier alpha value is -4.43. The largest absolute Gasteiger partial charge is 0.458 e. The average molecular weight is 579 g/mol. The van der Waals surface area contributed by atoms with Crippen LogP contribution >= 0.6 is 0 Å². The van der Waals surface area contributed by atoms with Crippen molar-refractivity contribution >= 4 is 23.9 Å². The third-order valence-corrected chi connectivity index (χ3v) is 6.75. The van der Waals surface area contributed by atoms with Crippen LogP contribution in [-0.4, -0.2) is 75.2 Å². The van der Waals surface area contributed by atoms with E-state index in [2.05, 4.69) is 5.32 Å². The quantitative estimate of drug-likeness (QED) is 0.248. The number of aliphatic hydroxyl groups is 1. The first-order valence-electron chi connectivity index (χ1n) is 13.9. The highest BCUT2D eigenvalue weighted by atomic mass is 16.6. The molecule has 1 saturated heterocycles. The van der Waals surface area contributed by atoms with Gasteiger partial charge in [-0.25, -0.2) is 14.5 Å². The molecule has 1 unspecified atom stereocenters. The number of hydrogen-bond acceptors (Lipinski definition) is 8. The Morgan fingerprint density at radius 1 is 1.07 bits per heavy atom. The van der Waals surface area contributed by atoms with Crippen LogP contribution in [0.5, 0.6) is 0 Å². The van der Waals surface area contributed by atoms with Crippen molar-refractivity contribution in [1.29, 1.82) is 5.26 Å². The molecular formula is C31H38N4O7. The summed E-state index contributed by atoms with van der Waals surface area (Å²) in [4.78, 5) is 54.1. The summed E-state index contributed by atoms with van der Waals surface area (Å²) in [5.41, 5.74) is 0.686. The SMILES string of the molecule is C[C@@H](C(=O)N[C@@H](Cc1ccccc1)C(O)C(=O)N1CCC[C@H]1C(=O)OC(C)(C)C)N(C#N)C(=O)OCc1ccccc1. The van der Waals surface area contributed by atoms with Crippen LogP contribution in [0.4, 0.5) is 4.79 Å². The van der Waals surface area contributed by atoms with E-state index in [4.69, 9.17) is 9.47 Å². The van der Waals surface area contributed by atoms with Gasteiger partial charge in [0.05, 0.1) is 6.04 Å². The number of esters is 1. The summed E-state index contributed by atoms with van der Waals surface area (Å²) in [6.45, 7) is 6.69. The molecule has 3 amide bonds. The first-order chi connectivity index (χ1) is 19.9. The predicted molar refractivity (Wildman–Crippen MR) is 152 cm³/mol. The molecule has 0 bridgehead atoms. The molecule has 0 saturated carbocycles. The van der Waals surface area contributed by atoms with Crippen molar-refractivity contribution < 1.29 is 33.8 Å². The van der Waals surface area contributed by atoms with Crippen LogP contribution in [0.3, 0.4) is 0 Å². The zero-order valence-corrected chi connectivity index (χ0v) is 24.4. The number of carbonyl (C=O) groups excluding carboxylic acids is 4. The number of benzene rings is 2. The van der Waals surface area contributed by atoms with Gasteiger partial charge in [-0.05, 0) is 58.1 Å². The number of ether oxygens (including phenoxy) is 2.